The number of carbonyl (C=O) groups is 2. The topological polar surface area (TPSA) is 104 Å². The second-order valence-electron chi connectivity index (χ2n) is 6.63. The molecule has 154 valence electrons. The lowest BCUT2D eigenvalue weighted by Crippen LogP contribution is -2.13. The summed E-state index contributed by atoms with van der Waals surface area (Å²) in [6.45, 7) is 0.282. The van der Waals surface area contributed by atoms with Crippen LogP contribution in [-0.2, 0) is 17.8 Å². The number of rotatable bonds is 9. The van der Waals surface area contributed by atoms with E-state index in [1.54, 1.807) is 43.5 Å². The molecule has 3 rings (SSSR count). The highest BCUT2D eigenvalue weighted by Gasteiger charge is 2.06. The average molecular weight is 405 g/mol. The van der Waals surface area contributed by atoms with Crippen molar-refractivity contribution in [2.75, 3.05) is 12.4 Å². The first-order valence-electron chi connectivity index (χ1n) is 9.44. The Balaban J connectivity index is 1.51. The molecule has 0 saturated carbocycles. The van der Waals surface area contributed by atoms with E-state index < -0.39 is 5.91 Å². The molecule has 7 heteroatoms. The number of nitrogens with one attached hydrogen (secondary N) is 1. The number of nitrogens with zero attached hydrogens (tertiary/aromatic N) is 1. The fourth-order valence-corrected chi connectivity index (χ4v) is 2.81. The van der Waals surface area contributed by atoms with Crippen molar-refractivity contribution in [1.29, 1.82) is 0 Å². The number of nitrogens with two attached hydrogens (primary N) is 1. The molecule has 0 spiro atoms. The molecule has 0 unspecified atom stereocenters. The number of primary amides is 1. The van der Waals surface area contributed by atoms with E-state index in [1.165, 1.54) is 6.20 Å². The maximum Gasteiger partial charge on any atom is 0.267 e. The summed E-state index contributed by atoms with van der Waals surface area (Å²) in [6.07, 6.45) is 2.46. The van der Waals surface area contributed by atoms with Crippen molar-refractivity contribution in [2.45, 2.75) is 19.4 Å². The van der Waals surface area contributed by atoms with Crippen LogP contribution in [0.3, 0.4) is 0 Å². The van der Waals surface area contributed by atoms with Crippen LogP contribution in [0.1, 0.15) is 28.0 Å². The third-order valence-corrected chi connectivity index (χ3v) is 4.40. The first kappa shape index (κ1) is 20.9. The lowest BCUT2D eigenvalue weighted by atomic mass is 10.1. The van der Waals surface area contributed by atoms with Crippen LogP contribution in [-0.4, -0.2) is 23.9 Å². The summed E-state index contributed by atoms with van der Waals surface area (Å²) in [5, 5.41) is 2.87. The van der Waals surface area contributed by atoms with Gasteiger partial charge in [0.1, 0.15) is 23.8 Å². The van der Waals surface area contributed by atoms with E-state index in [1.807, 2.05) is 24.3 Å². The summed E-state index contributed by atoms with van der Waals surface area (Å²) in [5.74, 6) is 0.775. The molecule has 30 heavy (non-hydrogen) atoms. The highest BCUT2D eigenvalue weighted by molar-refractivity contribution is 5.91. The van der Waals surface area contributed by atoms with Gasteiger partial charge in [0.15, 0.2) is 0 Å². The number of methoxy groups -OCH3 is 1. The van der Waals surface area contributed by atoms with Gasteiger partial charge >= 0.3 is 0 Å². The molecule has 2 amide bonds. The number of benzene rings is 2. The maximum atomic E-state index is 12.2. The largest absolute Gasteiger partial charge is 0.497 e. The van der Waals surface area contributed by atoms with Gasteiger partial charge in [0.2, 0.25) is 5.91 Å². The first-order chi connectivity index (χ1) is 14.5. The molecule has 0 bridgehead atoms. The average Bonchev–Trinajstić information content (AvgIpc) is 2.77. The predicted molar refractivity (Wildman–Crippen MR) is 113 cm³/mol. The Morgan fingerprint density at radius 1 is 1.00 bits per heavy atom. The molecule has 7 nitrogen and oxygen atoms in total. The minimum Gasteiger partial charge on any atom is -0.497 e. The highest BCUT2D eigenvalue weighted by atomic mass is 16.5. The Labute approximate surface area is 174 Å². The van der Waals surface area contributed by atoms with Crippen molar-refractivity contribution < 1.29 is 19.1 Å². The third-order valence-electron chi connectivity index (χ3n) is 4.40. The van der Waals surface area contributed by atoms with E-state index in [4.69, 9.17) is 15.2 Å². The minimum absolute atomic E-state index is 0.0674. The van der Waals surface area contributed by atoms with Gasteiger partial charge in [0.25, 0.3) is 5.91 Å². The van der Waals surface area contributed by atoms with Gasteiger partial charge in [0.05, 0.1) is 7.11 Å². The summed E-state index contributed by atoms with van der Waals surface area (Å²) in [4.78, 5) is 27.3. The zero-order valence-electron chi connectivity index (χ0n) is 16.6. The minimum atomic E-state index is -0.577. The molecule has 3 aromatic rings. The van der Waals surface area contributed by atoms with Crippen LogP contribution in [0.25, 0.3) is 0 Å². The number of anilines is 1. The molecule has 1 aromatic heterocycles. The van der Waals surface area contributed by atoms with Crippen molar-refractivity contribution in [3.8, 4) is 11.5 Å². The fourth-order valence-electron chi connectivity index (χ4n) is 2.81. The predicted octanol–water partition coefficient (Wildman–Crippen LogP) is 3.34. The Kier molecular flexibility index (Phi) is 7.00. The highest BCUT2D eigenvalue weighted by Crippen LogP contribution is 2.18. The van der Waals surface area contributed by atoms with E-state index in [9.17, 15) is 9.59 Å². The number of aryl methyl sites for hydroxylation is 1. The molecular formula is C23H23N3O4. The second-order valence-corrected chi connectivity index (χ2v) is 6.63. The van der Waals surface area contributed by atoms with E-state index in [0.717, 1.165) is 22.6 Å². The van der Waals surface area contributed by atoms with Crippen molar-refractivity contribution in [2.24, 2.45) is 5.73 Å². The van der Waals surface area contributed by atoms with Gasteiger partial charge < -0.3 is 20.5 Å². The summed E-state index contributed by atoms with van der Waals surface area (Å²) in [7, 11) is 1.60. The van der Waals surface area contributed by atoms with Gasteiger partial charge in [-0.3, -0.25) is 14.6 Å². The molecule has 0 fully saturated rings. The van der Waals surface area contributed by atoms with Gasteiger partial charge in [-0.25, -0.2) is 0 Å². The first-order valence-corrected chi connectivity index (χ1v) is 9.44. The van der Waals surface area contributed by atoms with Gasteiger partial charge in [-0.15, -0.1) is 0 Å². The number of hydrogen-bond acceptors (Lipinski definition) is 5. The van der Waals surface area contributed by atoms with Crippen LogP contribution >= 0.6 is 0 Å². The number of aromatic nitrogens is 1. The zero-order chi connectivity index (χ0) is 21.3. The molecule has 0 atom stereocenters. The second kappa shape index (κ2) is 10.1. The van der Waals surface area contributed by atoms with Gasteiger partial charge in [-0.2, -0.15) is 0 Å². The Morgan fingerprint density at radius 2 is 1.80 bits per heavy atom. The number of carbonyl (C=O) groups excluding carboxylic acids is 2. The summed E-state index contributed by atoms with van der Waals surface area (Å²) in [6, 6.07) is 18.1. The van der Waals surface area contributed by atoms with E-state index >= 15 is 0 Å². The molecule has 0 radical (unpaired) electrons. The monoisotopic (exact) mass is 405 g/mol. The molecule has 0 aliphatic heterocycles. The fraction of sp³-hybridized carbons (Fsp3) is 0.174. The van der Waals surface area contributed by atoms with Gasteiger partial charge in [-0.1, -0.05) is 12.1 Å². The zero-order valence-corrected chi connectivity index (χ0v) is 16.6. The molecule has 3 N–H and O–H groups in total. The normalized spacial score (nSPS) is 10.3. The van der Waals surface area contributed by atoms with Crippen LogP contribution in [0.5, 0.6) is 11.5 Å². The van der Waals surface area contributed by atoms with Crippen LogP contribution < -0.4 is 20.5 Å². The lowest BCUT2D eigenvalue weighted by Gasteiger charge is -2.09. The van der Waals surface area contributed by atoms with Gasteiger partial charge in [-0.05, 0) is 66.1 Å². The summed E-state index contributed by atoms with van der Waals surface area (Å²) in [5.41, 5.74) is 7.96. The van der Waals surface area contributed by atoms with E-state index in [-0.39, 0.29) is 18.2 Å². The summed E-state index contributed by atoms with van der Waals surface area (Å²) < 4.78 is 10.9. The lowest BCUT2D eigenvalue weighted by molar-refractivity contribution is -0.116. The maximum absolute atomic E-state index is 12.2. The molecule has 2 aromatic carbocycles. The van der Waals surface area contributed by atoms with Crippen LogP contribution in [0.15, 0.2) is 66.9 Å². The Bertz CT molecular complexity index is 1020. The third kappa shape index (κ3) is 6.07. The van der Waals surface area contributed by atoms with Crippen molar-refractivity contribution in [1.82, 2.24) is 4.98 Å². The van der Waals surface area contributed by atoms with Crippen LogP contribution in [0.4, 0.5) is 5.69 Å². The number of pyridine rings is 1. The molecule has 1 heterocycles. The molecule has 0 saturated heterocycles. The molecule has 0 aliphatic rings. The molecule has 0 aliphatic carbocycles. The quantitative estimate of drug-likeness (QED) is 0.568. The van der Waals surface area contributed by atoms with Crippen LogP contribution in [0, 0.1) is 0 Å². The van der Waals surface area contributed by atoms with Crippen molar-refractivity contribution >= 4 is 17.5 Å². The van der Waals surface area contributed by atoms with Crippen molar-refractivity contribution in [3.63, 3.8) is 0 Å². The van der Waals surface area contributed by atoms with E-state index in [2.05, 4.69) is 10.3 Å². The van der Waals surface area contributed by atoms with Crippen molar-refractivity contribution in [3.05, 3.63) is 83.7 Å². The van der Waals surface area contributed by atoms with Gasteiger partial charge in [0, 0.05) is 18.3 Å². The smallest absolute Gasteiger partial charge is 0.267 e. The SMILES string of the molecule is COc1ccc(NC(=O)CCc2cccc(OCc3ccnc(C(N)=O)c3)c2)cc1. The Morgan fingerprint density at radius 3 is 2.53 bits per heavy atom. The number of amides is 2. The Hall–Kier alpha value is -3.87. The molecular weight excluding hydrogens is 382 g/mol. The standard InChI is InChI=1S/C23H23N3O4/c1-29-19-8-6-18(7-9-19)26-22(27)10-5-16-3-2-4-20(13-16)30-15-17-11-12-25-21(14-17)23(24)28/h2-4,6-9,11-14H,5,10,15H2,1H3,(H2,24,28)(H,26,27). The summed E-state index contributed by atoms with van der Waals surface area (Å²) >= 11 is 0. The van der Waals surface area contributed by atoms with E-state index in [0.29, 0.717) is 18.6 Å². The number of ether oxygens (including phenoxy) is 2. The number of hydrogen-bond donors (Lipinski definition) is 2. The van der Waals surface area contributed by atoms with Crippen LogP contribution in [0.2, 0.25) is 0 Å².